The summed E-state index contributed by atoms with van der Waals surface area (Å²) in [7, 11) is 0. The van der Waals surface area contributed by atoms with Crippen LogP contribution < -0.4 is 0 Å². The fraction of sp³-hybridized carbons (Fsp3) is 0.800. The van der Waals surface area contributed by atoms with E-state index in [0.717, 1.165) is 38.5 Å². The van der Waals surface area contributed by atoms with Gasteiger partial charge in [0.05, 0.1) is 16.9 Å². The van der Waals surface area contributed by atoms with Gasteiger partial charge in [-0.1, -0.05) is 25.7 Å². The van der Waals surface area contributed by atoms with Crippen LogP contribution in [-0.4, -0.2) is 23.3 Å². The second-order valence-electron chi connectivity index (χ2n) is 6.65. The molecule has 2 fully saturated rings. The lowest BCUT2D eigenvalue weighted by Crippen LogP contribution is -2.40. The summed E-state index contributed by atoms with van der Waals surface area (Å²) in [5.74, 6) is -0.113. The molecule has 1 saturated carbocycles. The van der Waals surface area contributed by atoms with Crippen molar-refractivity contribution in [2.45, 2.75) is 58.8 Å². The minimum absolute atomic E-state index is 0.0253. The summed E-state index contributed by atoms with van der Waals surface area (Å²) in [6, 6.07) is 2.17. The number of carbonyl (C=O) groups is 2. The normalized spacial score (nSPS) is 23.5. The zero-order chi connectivity index (χ0) is 14.1. The fourth-order valence-electron chi connectivity index (χ4n) is 3.25. The summed E-state index contributed by atoms with van der Waals surface area (Å²) >= 11 is 0. The molecule has 4 heteroatoms. The number of carbonyl (C=O) groups excluding carboxylic acids is 2. The minimum atomic E-state index is -0.665. The van der Waals surface area contributed by atoms with E-state index in [1.54, 1.807) is 13.8 Å². The highest BCUT2D eigenvalue weighted by molar-refractivity contribution is 6.06. The standard InChI is InChI=1S/C15H22N2O2/c1-14(2,10-16)11-17-12(18)9-15(13(17)19)7-5-3-4-6-8-15/h3-9,11H2,1-2H3. The smallest absolute Gasteiger partial charge is 0.235 e. The Morgan fingerprint density at radius 1 is 1.21 bits per heavy atom. The third kappa shape index (κ3) is 2.65. The zero-order valence-electron chi connectivity index (χ0n) is 11.9. The molecule has 1 aliphatic carbocycles. The maximum Gasteiger partial charge on any atom is 0.235 e. The van der Waals surface area contributed by atoms with Gasteiger partial charge in [0.25, 0.3) is 0 Å². The first-order chi connectivity index (χ1) is 8.90. The van der Waals surface area contributed by atoms with E-state index >= 15 is 0 Å². The lowest BCUT2D eigenvalue weighted by atomic mass is 9.79. The molecular weight excluding hydrogens is 240 g/mol. The van der Waals surface area contributed by atoms with Crippen molar-refractivity contribution in [2.75, 3.05) is 6.54 Å². The van der Waals surface area contributed by atoms with Crippen LogP contribution in [0.4, 0.5) is 0 Å². The van der Waals surface area contributed by atoms with Gasteiger partial charge < -0.3 is 0 Å². The van der Waals surface area contributed by atoms with Gasteiger partial charge in [-0.15, -0.1) is 0 Å². The molecule has 19 heavy (non-hydrogen) atoms. The molecular formula is C15H22N2O2. The average molecular weight is 262 g/mol. The quantitative estimate of drug-likeness (QED) is 0.719. The summed E-state index contributed by atoms with van der Waals surface area (Å²) in [4.78, 5) is 26.1. The van der Waals surface area contributed by atoms with Gasteiger partial charge in [0, 0.05) is 13.0 Å². The highest BCUT2D eigenvalue weighted by atomic mass is 16.2. The molecule has 1 saturated heterocycles. The Morgan fingerprint density at radius 2 is 1.79 bits per heavy atom. The SMILES string of the molecule is CC(C)(C#N)CN1C(=O)CC2(CCCCCC2)C1=O. The molecule has 2 rings (SSSR count). The molecule has 0 aromatic carbocycles. The van der Waals surface area contributed by atoms with Crippen LogP contribution in [0, 0.1) is 22.2 Å². The largest absolute Gasteiger partial charge is 0.281 e. The number of amides is 2. The third-order valence-corrected chi connectivity index (χ3v) is 4.41. The maximum absolute atomic E-state index is 12.6. The van der Waals surface area contributed by atoms with Crippen molar-refractivity contribution in [1.82, 2.24) is 4.90 Å². The van der Waals surface area contributed by atoms with Crippen molar-refractivity contribution in [3.8, 4) is 6.07 Å². The van der Waals surface area contributed by atoms with Crippen molar-refractivity contribution in [3.05, 3.63) is 0 Å². The van der Waals surface area contributed by atoms with E-state index in [1.165, 1.54) is 4.90 Å². The Bertz CT molecular complexity index is 426. The van der Waals surface area contributed by atoms with Gasteiger partial charge >= 0.3 is 0 Å². The van der Waals surface area contributed by atoms with Gasteiger partial charge in [-0.25, -0.2) is 0 Å². The Kier molecular flexibility index (Phi) is 3.66. The summed E-state index contributed by atoms with van der Waals surface area (Å²) in [5, 5.41) is 9.07. The van der Waals surface area contributed by atoms with Crippen LogP contribution in [0.3, 0.4) is 0 Å². The van der Waals surface area contributed by atoms with Crippen LogP contribution in [0.15, 0.2) is 0 Å². The molecule has 4 nitrogen and oxygen atoms in total. The maximum atomic E-state index is 12.6. The molecule has 0 radical (unpaired) electrons. The van der Waals surface area contributed by atoms with Gasteiger partial charge in [0.2, 0.25) is 11.8 Å². The van der Waals surface area contributed by atoms with Crippen LogP contribution in [0.5, 0.6) is 0 Å². The lowest BCUT2D eigenvalue weighted by molar-refractivity contribution is -0.142. The molecule has 0 atom stereocenters. The molecule has 2 aliphatic rings. The molecule has 2 amide bonds. The van der Waals surface area contributed by atoms with Crippen molar-refractivity contribution in [1.29, 1.82) is 5.26 Å². The molecule has 0 N–H and O–H groups in total. The van der Waals surface area contributed by atoms with E-state index in [0.29, 0.717) is 6.42 Å². The first-order valence-electron chi connectivity index (χ1n) is 7.16. The average Bonchev–Trinajstić information content (AvgIpc) is 2.56. The highest BCUT2D eigenvalue weighted by Gasteiger charge is 2.51. The number of hydrogen-bond donors (Lipinski definition) is 0. The van der Waals surface area contributed by atoms with Crippen LogP contribution in [0.1, 0.15) is 58.8 Å². The van der Waals surface area contributed by atoms with E-state index in [-0.39, 0.29) is 18.4 Å². The van der Waals surface area contributed by atoms with Crippen LogP contribution >= 0.6 is 0 Å². The van der Waals surface area contributed by atoms with Gasteiger partial charge in [-0.2, -0.15) is 5.26 Å². The minimum Gasteiger partial charge on any atom is -0.281 e. The van der Waals surface area contributed by atoms with Crippen molar-refractivity contribution >= 4 is 11.8 Å². The van der Waals surface area contributed by atoms with Crippen molar-refractivity contribution in [3.63, 3.8) is 0 Å². The summed E-state index contributed by atoms with van der Waals surface area (Å²) in [6.07, 6.45) is 6.41. The Labute approximate surface area is 114 Å². The predicted molar refractivity (Wildman–Crippen MR) is 70.9 cm³/mol. The molecule has 1 aliphatic heterocycles. The predicted octanol–water partition coefficient (Wildman–Crippen LogP) is 2.64. The molecule has 0 bridgehead atoms. The summed E-state index contributed by atoms with van der Waals surface area (Å²) in [6.45, 7) is 3.76. The molecule has 104 valence electrons. The third-order valence-electron chi connectivity index (χ3n) is 4.41. The number of nitrogens with zero attached hydrogens (tertiary/aromatic N) is 2. The number of nitriles is 1. The summed E-state index contributed by atoms with van der Waals surface area (Å²) in [5.41, 5.74) is -1.11. The summed E-state index contributed by atoms with van der Waals surface area (Å²) < 4.78 is 0. The highest BCUT2D eigenvalue weighted by Crippen LogP contribution is 2.44. The van der Waals surface area contributed by atoms with E-state index in [4.69, 9.17) is 5.26 Å². The number of likely N-dealkylation sites (tertiary alicyclic amines) is 1. The Morgan fingerprint density at radius 3 is 2.32 bits per heavy atom. The second-order valence-corrected chi connectivity index (χ2v) is 6.65. The molecule has 1 heterocycles. The van der Waals surface area contributed by atoms with Gasteiger partial charge in [-0.3, -0.25) is 14.5 Å². The molecule has 0 unspecified atom stereocenters. The number of imide groups is 1. The Balaban J connectivity index is 2.18. The van der Waals surface area contributed by atoms with Gasteiger partial charge in [0.1, 0.15) is 0 Å². The molecule has 1 spiro atoms. The monoisotopic (exact) mass is 262 g/mol. The topological polar surface area (TPSA) is 61.2 Å². The Hall–Kier alpha value is -1.37. The van der Waals surface area contributed by atoms with Gasteiger partial charge in [0.15, 0.2) is 0 Å². The first kappa shape index (κ1) is 14.0. The van der Waals surface area contributed by atoms with Crippen molar-refractivity contribution in [2.24, 2.45) is 10.8 Å². The van der Waals surface area contributed by atoms with E-state index in [1.807, 2.05) is 0 Å². The first-order valence-corrected chi connectivity index (χ1v) is 7.16. The zero-order valence-corrected chi connectivity index (χ0v) is 11.9. The number of hydrogen-bond acceptors (Lipinski definition) is 3. The molecule has 0 aromatic rings. The van der Waals surface area contributed by atoms with Crippen LogP contribution in [-0.2, 0) is 9.59 Å². The van der Waals surface area contributed by atoms with Gasteiger partial charge in [-0.05, 0) is 26.7 Å². The molecule has 0 aromatic heterocycles. The van der Waals surface area contributed by atoms with E-state index < -0.39 is 10.8 Å². The van der Waals surface area contributed by atoms with E-state index in [2.05, 4.69) is 6.07 Å². The lowest BCUT2D eigenvalue weighted by Gasteiger charge is -2.27. The van der Waals surface area contributed by atoms with Crippen LogP contribution in [0.2, 0.25) is 0 Å². The van der Waals surface area contributed by atoms with E-state index in [9.17, 15) is 9.59 Å². The fourth-order valence-corrected chi connectivity index (χ4v) is 3.25. The van der Waals surface area contributed by atoms with Crippen LogP contribution in [0.25, 0.3) is 0 Å². The number of rotatable bonds is 2. The second kappa shape index (κ2) is 4.96. The van der Waals surface area contributed by atoms with Crippen molar-refractivity contribution < 1.29 is 9.59 Å².